The van der Waals surface area contributed by atoms with Crippen LogP contribution in [0.15, 0.2) is 6.08 Å². The number of carbonyl (C=O) groups excluding carboxylic acids is 1. The van der Waals surface area contributed by atoms with E-state index in [0.717, 1.165) is 6.08 Å². The fraction of sp³-hybridized carbons (Fsp3) is 0.200. The molecule has 0 saturated carbocycles. The second-order valence-electron chi connectivity index (χ2n) is 0.883. The molecule has 7 heavy (non-hydrogen) atoms. The van der Waals surface area contributed by atoms with Gasteiger partial charge >= 0.3 is 0 Å². The van der Waals surface area contributed by atoms with Gasteiger partial charge in [0.25, 0.3) is 0 Å². The molecule has 1 radical (unpaired) electrons. The Morgan fingerprint density at radius 3 is 2.29 bits per heavy atom. The molecule has 1 nitrogen and oxygen atoms in total. The molecule has 0 aliphatic carbocycles. The van der Waals surface area contributed by atoms with Crippen molar-refractivity contribution in [2.24, 2.45) is 0 Å². The summed E-state index contributed by atoms with van der Waals surface area (Å²) in [6.45, 7) is 8.06. The second-order valence-corrected chi connectivity index (χ2v) is 0.883. The molecule has 0 unspecified atom stereocenters. The van der Waals surface area contributed by atoms with Gasteiger partial charge in [-0.3, -0.25) is 6.58 Å². The predicted octanol–water partition coefficient (Wildman–Crippen LogP) is 0.766. The molecular formula is C5H6OY-2. The standard InChI is InChI=1S/C5H6O.Y/c1-3-5(6)4-2;/h1,3H,2,4H2;/q-2;. The van der Waals surface area contributed by atoms with E-state index in [9.17, 15) is 4.79 Å². The molecule has 0 aromatic heterocycles. The van der Waals surface area contributed by atoms with Gasteiger partial charge in [0.05, 0.1) is 0 Å². The quantitative estimate of drug-likeness (QED) is 0.443. The molecule has 0 spiro atoms. The maximum absolute atomic E-state index is 9.94. The first-order valence-corrected chi connectivity index (χ1v) is 1.68. The summed E-state index contributed by atoms with van der Waals surface area (Å²) in [7, 11) is 0. The molecule has 0 saturated heterocycles. The molecule has 0 aromatic carbocycles. The topological polar surface area (TPSA) is 17.1 Å². The van der Waals surface area contributed by atoms with Gasteiger partial charge in [-0.1, -0.05) is 0 Å². The summed E-state index contributed by atoms with van der Waals surface area (Å²) < 4.78 is 0. The van der Waals surface area contributed by atoms with Gasteiger partial charge in [-0.25, -0.2) is 6.08 Å². The molecule has 0 atom stereocenters. The van der Waals surface area contributed by atoms with E-state index in [0.29, 0.717) is 0 Å². The third kappa shape index (κ3) is 6.51. The Kier molecular flexibility index (Phi) is 9.76. The van der Waals surface area contributed by atoms with E-state index >= 15 is 0 Å². The SMILES string of the molecule is [CH-]=CC(=O)C[CH2-].[Y]. The largest absolute Gasteiger partial charge is 0.409 e. The fourth-order valence-corrected chi connectivity index (χ4v) is 0.0833. The number of hydrogen-bond acceptors (Lipinski definition) is 1. The normalized spacial score (nSPS) is 6.43. The Bertz CT molecular complexity index is 68.5. The smallest absolute Gasteiger partial charge is 0 e. The fourth-order valence-electron chi connectivity index (χ4n) is 0.0833. The van der Waals surface area contributed by atoms with Crippen LogP contribution in [-0.4, -0.2) is 5.78 Å². The van der Waals surface area contributed by atoms with E-state index in [1.807, 2.05) is 0 Å². The zero-order valence-electron chi connectivity index (χ0n) is 4.05. The molecule has 0 N–H and O–H groups in total. The minimum atomic E-state index is -0.116. The summed E-state index contributed by atoms with van der Waals surface area (Å²) in [5.41, 5.74) is 0. The predicted molar refractivity (Wildman–Crippen MR) is 23.9 cm³/mol. The average Bonchev–Trinajstić information content (AvgIpc) is 1.65. The van der Waals surface area contributed by atoms with Crippen molar-refractivity contribution in [2.75, 3.05) is 0 Å². The van der Waals surface area contributed by atoms with Crippen molar-refractivity contribution in [3.05, 3.63) is 19.6 Å². The molecule has 0 rings (SSSR count). The van der Waals surface area contributed by atoms with Crippen molar-refractivity contribution in [1.29, 1.82) is 0 Å². The van der Waals surface area contributed by atoms with Crippen molar-refractivity contribution in [1.82, 2.24) is 0 Å². The Hall–Kier alpha value is 0.514. The monoisotopic (exact) mass is 171 g/mol. The third-order valence-electron chi connectivity index (χ3n) is 0.432. The first-order chi connectivity index (χ1) is 2.81. The van der Waals surface area contributed by atoms with E-state index in [4.69, 9.17) is 6.58 Å². The Balaban J connectivity index is 0. The summed E-state index contributed by atoms with van der Waals surface area (Å²) in [4.78, 5) is 9.94. The summed E-state index contributed by atoms with van der Waals surface area (Å²) >= 11 is 0. The van der Waals surface area contributed by atoms with E-state index in [2.05, 4.69) is 6.92 Å². The Morgan fingerprint density at radius 2 is 2.29 bits per heavy atom. The number of hydrogen-bond donors (Lipinski definition) is 0. The van der Waals surface area contributed by atoms with Crippen LogP contribution in [0.5, 0.6) is 0 Å². The van der Waals surface area contributed by atoms with Crippen LogP contribution in [0, 0.1) is 13.5 Å². The van der Waals surface area contributed by atoms with Crippen LogP contribution in [0.2, 0.25) is 0 Å². The molecule has 0 aliphatic rings. The van der Waals surface area contributed by atoms with Crippen LogP contribution in [0.3, 0.4) is 0 Å². The number of rotatable bonds is 2. The van der Waals surface area contributed by atoms with Gasteiger partial charge in [-0.15, -0.1) is 0 Å². The number of allylic oxidation sites excluding steroid dienone is 1. The van der Waals surface area contributed by atoms with E-state index in [-0.39, 0.29) is 44.9 Å². The Morgan fingerprint density at radius 1 is 1.86 bits per heavy atom. The summed E-state index contributed by atoms with van der Waals surface area (Å²) in [6, 6.07) is 0. The van der Waals surface area contributed by atoms with Crippen molar-refractivity contribution < 1.29 is 37.5 Å². The van der Waals surface area contributed by atoms with Gasteiger partial charge in [0.2, 0.25) is 0 Å². The first-order valence-electron chi connectivity index (χ1n) is 1.68. The van der Waals surface area contributed by atoms with Gasteiger partial charge in [0, 0.05) is 32.7 Å². The van der Waals surface area contributed by atoms with Crippen LogP contribution < -0.4 is 0 Å². The zero-order chi connectivity index (χ0) is 4.99. The minimum Gasteiger partial charge on any atom is -0.409 e. The van der Waals surface area contributed by atoms with Gasteiger partial charge in [-0.05, 0) is 5.78 Å². The average molecular weight is 171 g/mol. The van der Waals surface area contributed by atoms with Crippen LogP contribution in [0.1, 0.15) is 6.42 Å². The summed E-state index contributed by atoms with van der Waals surface area (Å²) in [6.07, 6.45) is 1.28. The molecular weight excluding hydrogens is 165 g/mol. The molecule has 0 fully saturated rings. The maximum atomic E-state index is 9.94. The van der Waals surface area contributed by atoms with Gasteiger partial charge in [0.1, 0.15) is 0 Å². The van der Waals surface area contributed by atoms with Gasteiger partial charge < -0.3 is 11.7 Å². The van der Waals surface area contributed by atoms with Crippen molar-refractivity contribution >= 4 is 5.78 Å². The van der Waals surface area contributed by atoms with Gasteiger partial charge in [-0.2, -0.15) is 6.42 Å². The molecule has 0 bridgehead atoms. The van der Waals surface area contributed by atoms with Crippen LogP contribution in [0.4, 0.5) is 0 Å². The molecule has 2 heteroatoms. The first kappa shape index (κ1) is 10.5. The molecule has 0 amide bonds. The van der Waals surface area contributed by atoms with E-state index in [1.54, 1.807) is 0 Å². The van der Waals surface area contributed by atoms with Crippen LogP contribution in [-0.2, 0) is 37.5 Å². The third-order valence-corrected chi connectivity index (χ3v) is 0.432. The maximum Gasteiger partial charge on any atom is 0 e. The molecule has 0 heterocycles. The Labute approximate surface area is 69.1 Å². The van der Waals surface area contributed by atoms with Crippen molar-refractivity contribution in [2.45, 2.75) is 6.42 Å². The number of ketones is 1. The van der Waals surface area contributed by atoms with Gasteiger partial charge in [0.15, 0.2) is 0 Å². The minimum absolute atomic E-state index is 0. The van der Waals surface area contributed by atoms with Crippen molar-refractivity contribution in [3.63, 3.8) is 0 Å². The molecule has 37 valence electrons. The second kappa shape index (κ2) is 6.51. The van der Waals surface area contributed by atoms with E-state index < -0.39 is 0 Å². The van der Waals surface area contributed by atoms with Crippen LogP contribution in [0.25, 0.3) is 0 Å². The van der Waals surface area contributed by atoms with Crippen LogP contribution >= 0.6 is 0 Å². The van der Waals surface area contributed by atoms with E-state index in [1.165, 1.54) is 0 Å². The number of carbonyl (C=O) groups is 1. The summed E-state index contributed by atoms with van der Waals surface area (Å²) in [5, 5.41) is 0. The summed E-state index contributed by atoms with van der Waals surface area (Å²) in [5.74, 6) is -0.116. The molecule has 0 aromatic rings. The van der Waals surface area contributed by atoms with Crippen molar-refractivity contribution in [3.8, 4) is 0 Å². The molecule has 0 aliphatic heterocycles. The zero-order valence-corrected chi connectivity index (χ0v) is 6.89.